The van der Waals surface area contributed by atoms with Crippen LogP contribution in [0.3, 0.4) is 0 Å². The average molecular weight is 308 g/mol. The summed E-state index contributed by atoms with van der Waals surface area (Å²) in [6.07, 6.45) is 16.4. The van der Waals surface area contributed by atoms with Crippen LogP contribution in [0.1, 0.15) is 30.5 Å². The molecule has 0 fully saturated rings. The zero-order valence-electron chi connectivity index (χ0n) is 14.0. The van der Waals surface area contributed by atoms with Gasteiger partial charge >= 0.3 is 0 Å². The number of benzene rings is 1. The second-order valence-corrected chi connectivity index (χ2v) is 6.79. The van der Waals surface area contributed by atoms with Gasteiger partial charge in [-0.05, 0) is 61.4 Å². The molecule has 0 spiro atoms. The van der Waals surface area contributed by atoms with E-state index in [1.165, 1.54) is 33.4 Å². The van der Waals surface area contributed by atoms with E-state index in [0.29, 0.717) is 0 Å². The lowest BCUT2D eigenvalue weighted by Gasteiger charge is -2.15. The first-order chi connectivity index (χ1) is 10.6. The van der Waals surface area contributed by atoms with Crippen molar-refractivity contribution in [1.29, 1.82) is 0 Å². The summed E-state index contributed by atoms with van der Waals surface area (Å²) in [6, 6.07) is 6.75. The van der Waals surface area contributed by atoms with Gasteiger partial charge in [0.2, 0.25) is 0 Å². The van der Waals surface area contributed by atoms with E-state index < -0.39 is 0 Å². The molecule has 1 aromatic carbocycles. The van der Waals surface area contributed by atoms with Crippen molar-refractivity contribution in [3.63, 3.8) is 0 Å². The maximum absolute atomic E-state index is 2.40. The molecule has 0 aromatic heterocycles. The van der Waals surface area contributed by atoms with Gasteiger partial charge in [-0.25, -0.2) is 0 Å². The molecule has 0 saturated heterocycles. The number of hydrogen-bond donors (Lipinski definition) is 0. The van der Waals surface area contributed by atoms with Crippen LogP contribution < -0.4 is 0 Å². The number of hydrogen-bond acceptors (Lipinski definition) is 0. The molecule has 114 valence electrons. The summed E-state index contributed by atoms with van der Waals surface area (Å²) in [7, 11) is 0.943. The third-order valence-electron chi connectivity index (χ3n) is 3.96. The van der Waals surface area contributed by atoms with Crippen molar-refractivity contribution in [2.75, 3.05) is 12.8 Å². The molecule has 0 amide bonds. The SMILES string of the molecule is CPC/C=C1/C(C)=C(C)/C=C\C=C\C=C/c2cc(C)ccc21. The molecule has 1 unspecified atom stereocenters. The lowest BCUT2D eigenvalue weighted by molar-refractivity contribution is 1.35. The van der Waals surface area contributed by atoms with Crippen molar-refractivity contribution in [2.45, 2.75) is 20.8 Å². The van der Waals surface area contributed by atoms with Gasteiger partial charge < -0.3 is 0 Å². The van der Waals surface area contributed by atoms with Crippen LogP contribution in [0.2, 0.25) is 0 Å². The lowest BCUT2D eigenvalue weighted by atomic mass is 9.90. The van der Waals surface area contributed by atoms with Crippen LogP contribution in [0, 0.1) is 6.92 Å². The quantitative estimate of drug-likeness (QED) is 0.574. The van der Waals surface area contributed by atoms with Gasteiger partial charge in [0.1, 0.15) is 0 Å². The molecular weight excluding hydrogens is 283 g/mol. The molecule has 0 bridgehead atoms. The molecule has 1 atom stereocenters. The van der Waals surface area contributed by atoms with Crippen molar-refractivity contribution in [1.82, 2.24) is 0 Å². The standard InChI is InChI=1S/C21H25P/c1-16-11-12-21-19(15-16)10-8-6-5-7-9-17(2)18(3)20(21)13-14-22-4/h5-13,15,22H,14H2,1-4H3/b6-5+,9-7-,10-8-,18-17+,20-13-. The molecule has 0 heterocycles. The van der Waals surface area contributed by atoms with Gasteiger partial charge in [0.05, 0.1) is 0 Å². The minimum Gasteiger partial charge on any atom is -0.121 e. The molecular formula is C21H25P. The van der Waals surface area contributed by atoms with E-state index in [1.807, 2.05) is 0 Å². The largest absolute Gasteiger partial charge is 0.121 e. The van der Waals surface area contributed by atoms with Crippen molar-refractivity contribution in [2.24, 2.45) is 0 Å². The van der Waals surface area contributed by atoms with Crippen LogP contribution >= 0.6 is 8.58 Å². The lowest BCUT2D eigenvalue weighted by Crippen LogP contribution is -1.95. The topological polar surface area (TPSA) is 0 Å². The van der Waals surface area contributed by atoms with E-state index in [4.69, 9.17) is 0 Å². The summed E-state index contributed by atoms with van der Waals surface area (Å²) >= 11 is 0. The molecule has 0 N–H and O–H groups in total. The number of fused-ring (bicyclic) bond motifs is 1. The smallest absolute Gasteiger partial charge is 0.0112 e. The summed E-state index contributed by atoms with van der Waals surface area (Å²) < 4.78 is 0. The zero-order chi connectivity index (χ0) is 15.9. The monoisotopic (exact) mass is 308 g/mol. The third-order valence-corrected chi connectivity index (χ3v) is 4.57. The van der Waals surface area contributed by atoms with E-state index in [0.717, 1.165) is 14.7 Å². The molecule has 0 radical (unpaired) electrons. The Kier molecular flexibility index (Phi) is 6.16. The summed E-state index contributed by atoms with van der Waals surface area (Å²) in [5.74, 6) is 0. The number of rotatable bonds is 2. The Morgan fingerprint density at radius 2 is 1.68 bits per heavy atom. The highest BCUT2D eigenvalue weighted by atomic mass is 31.1. The van der Waals surface area contributed by atoms with E-state index >= 15 is 0 Å². The Morgan fingerprint density at radius 3 is 2.41 bits per heavy atom. The maximum atomic E-state index is 2.40. The normalized spacial score (nSPS) is 25.0. The van der Waals surface area contributed by atoms with Crippen molar-refractivity contribution < 1.29 is 0 Å². The van der Waals surface area contributed by atoms with Gasteiger partial charge in [-0.2, -0.15) is 0 Å². The van der Waals surface area contributed by atoms with E-state index in [2.05, 4.69) is 88.2 Å². The first-order valence-electron chi connectivity index (χ1n) is 7.78. The molecule has 0 saturated carbocycles. The Morgan fingerprint density at radius 1 is 0.955 bits per heavy atom. The fourth-order valence-corrected chi connectivity index (χ4v) is 2.97. The highest BCUT2D eigenvalue weighted by molar-refractivity contribution is 7.37. The molecule has 1 heteroatoms. The molecule has 2 rings (SSSR count). The predicted octanol–water partition coefficient (Wildman–Crippen LogP) is 6.16. The molecule has 0 aliphatic heterocycles. The number of allylic oxidation sites excluding steroid dienone is 9. The van der Waals surface area contributed by atoms with Crippen molar-refractivity contribution in [3.05, 3.63) is 82.5 Å². The summed E-state index contributed by atoms with van der Waals surface area (Å²) in [6.45, 7) is 8.84. The summed E-state index contributed by atoms with van der Waals surface area (Å²) in [5.41, 5.74) is 7.99. The number of aryl methyl sites for hydroxylation is 1. The van der Waals surface area contributed by atoms with Gasteiger partial charge in [0.15, 0.2) is 0 Å². The second-order valence-electron chi connectivity index (χ2n) is 5.68. The van der Waals surface area contributed by atoms with Crippen LogP contribution in [0.5, 0.6) is 0 Å². The van der Waals surface area contributed by atoms with Crippen LogP contribution in [0.25, 0.3) is 11.6 Å². The maximum Gasteiger partial charge on any atom is -0.0112 e. The predicted molar refractivity (Wildman–Crippen MR) is 104 cm³/mol. The molecule has 1 aromatic rings. The first kappa shape index (κ1) is 16.7. The Hall–Kier alpha value is -1.65. The average Bonchev–Trinajstić information content (AvgIpc) is 2.53. The third kappa shape index (κ3) is 4.18. The van der Waals surface area contributed by atoms with Gasteiger partial charge in [-0.15, -0.1) is 8.58 Å². The van der Waals surface area contributed by atoms with Crippen LogP contribution in [-0.2, 0) is 0 Å². The van der Waals surface area contributed by atoms with Gasteiger partial charge in [-0.1, -0.05) is 66.3 Å². The van der Waals surface area contributed by atoms with E-state index in [1.54, 1.807) is 0 Å². The highest BCUT2D eigenvalue weighted by Crippen LogP contribution is 2.31. The van der Waals surface area contributed by atoms with E-state index in [9.17, 15) is 0 Å². The second kappa shape index (κ2) is 8.11. The zero-order valence-corrected chi connectivity index (χ0v) is 15.0. The molecule has 1 aliphatic carbocycles. The fraction of sp³-hybridized carbons (Fsp3) is 0.238. The van der Waals surface area contributed by atoms with Gasteiger partial charge in [0, 0.05) is 0 Å². The van der Waals surface area contributed by atoms with Crippen LogP contribution in [0.15, 0.2) is 65.8 Å². The van der Waals surface area contributed by atoms with Gasteiger partial charge in [-0.3, -0.25) is 0 Å². The Balaban J connectivity index is 2.69. The van der Waals surface area contributed by atoms with Crippen LogP contribution in [-0.4, -0.2) is 12.8 Å². The molecule has 1 aliphatic rings. The van der Waals surface area contributed by atoms with Crippen LogP contribution in [0.4, 0.5) is 0 Å². The molecule has 22 heavy (non-hydrogen) atoms. The van der Waals surface area contributed by atoms with Crippen molar-refractivity contribution in [3.8, 4) is 0 Å². The fourth-order valence-electron chi connectivity index (χ4n) is 2.56. The summed E-state index contributed by atoms with van der Waals surface area (Å²) in [4.78, 5) is 0. The Labute approximate surface area is 136 Å². The Bertz CT molecular complexity index is 682. The minimum absolute atomic E-state index is 0.943. The van der Waals surface area contributed by atoms with Crippen molar-refractivity contribution >= 4 is 20.2 Å². The summed E-state index contributed by atoms with van der Waals surface area (Å²) in [5, 5.41) is 0. The first-order valence-corrected chi connectivity index (χ1v) is 9.49. The highest BCUT2D eigenvalue weighted by Gasteiger charge is 2.10. The molecule has 0 nitrogen and oxygen atoms in total. The van der Waals surface area contributed by atoms with Gasteiger partial charge in [0.25, 0.3) is 0 Å². The van der Waals surface area contributed by atoms with E-state index in [-0.39, 0.29) is 0 Å². The minimum atomic E-state index is 0.943.